The molecular weight excluding hydrogens is 476 g/mol. The van der Waals surface area contributed by atoms with Gasteiger partial charge >= 0.3 is 0 Å². The molecule has 4 aliphatic rings. The molecule has 2 N–H and O–H groups in total. The molecule has 2 saturated heterocycles. The highest BCUT2D eigenvalue weighted by Gasteiger charge is 2.42. The molecule has 7 nitrogen and oxygen atoms in total. The van der Waals surface area contributed by atoms with Gasteiger partial charge in [-0.25, -0.2) is 0 Å². The molecule has 1 aliphatic carbocycles. The van der Waals surface area contributed by atoms with E-state index in [0.29, 0.717) is 24.7 Å². The number of ether oxygens (including phenoxy) is 2. The topological polar surface area (TPSA) is 66.1 Å². The van der Waals surface area contributed by atoms with Gasteiger partial charge in [-0.3, -0.25) is 9.69 Å². The summed E-state index contributed by atoms with van der Waals surface area (Å²) in [6.45, 7) is 7.70. The predicted molar refractivity (Wildman–Crippen MR) is 149 cm³/mol. The maximum atomic E-state index is 13.6. The lowest BCUT2D eigenvalue weighted by molar-refractivity contribution is -0.126. The van der Waals surface area contributed by atoms with Crippen LogP contribution in [0.25, 0.3) is 0 Å². The number of carbonyl (C=O) groups is 1. The summed E-state index contributed by atoms with van der Waals surface area (Å²) >= 11 is 0. The zero-order valence-electron chi connectivity index (χ0n) is 22.7. The van der Waals surface area contributed by atoms with Gasteiger partial charge in [-0.05, 0) is 93.4 Å². The van der Waals surface area contributed by atoms with Crippen LogP contribution in [0.1, 0.15) is 49.3 Å². The number of hydrogen-bond donors (Lipinski definition) is 2. The Hall–Kier alpha value is -2.61. The second-order valence-corrected chi connectivity index (χ2v) is 11.5. The highest BCUT2D eigenvalue weighted by atomic mass is 16.7. The van der Waals surface area contributed by atoms with Crippen molar-refractivity contribution in [2.75, 3.05) is 39.5 Å². The van der Waals surface area contributed by atoms with E-state index in [0.717, 1.165) is 49.3 Å². The number of nitrogens with one attached hydrogen (secondary N) is 2. The Labute approximate surface area is 226 Å². The van der Waals surface area contributed by atoms with Crippen molar-refractivity contribution >= 4 is 5.91 Å². The highest BCUT2D eigenvalue weighted by Crippen LogP contribution is 2.33. The van der Waals surface area contributed by atoms with Crippen molar-refractivity contribution in [1.29, 1.82) is 0 Å². The quantitative estimate of drug-likeness (QED) is 0.532. The number of amides is 1. The van der Waals surface area contributed by atoms with Crippen molar-refractivity contribution in [2.24, 2.45) is 0 Å². The lowest BCUT2D eigenvalue weighted by Crippen LogP contribution is -2.49. The number of rotatable bonds is 9. The van der Waals surface area contributed by atoms with Gasteiger partial charge in [-0.1, -0.05) is 37.3 Å². The number of piperidine rings is 1. The number of fused-ring (bicyclic) bond motifs is 2. The lowest BCUT2D eigenvalue weighted by atomic mass is 10.0. The van der Waals surface area contributed by atoms with Gasteiger partial charge in [0.25, 0.3) is 0 Å². The highest BCUT2D eigenvalue weighted by molar-refractivity contribution is 5.82. The Bertz CT molecular complexity index is 1090. The molecule has 2 aromatic carbocycles. The third kappa shape index (κ3) is 5.70. The summed E-state index contributed by atoms with van der Waals surface area (Å²) in [6.07, 6.45) is 7.39. The summed E-state index contributed by atoms with van der Waals surface area (Å²) in [4.78, 5) is 18.7. The minimum Gasteiger partial charge on any atom is -0.454 e. The number of hydrogen-bond acceptors (Lipinski definition) is 6. The molecule has 0 unspecified atom stereocenters. The maximum absolute atomic E-state index is 13.6. The van der Waals surface area contributed by atoms with Crippen molar-refractivity contribution in [3.8, 4) is 11.5 Å². The summed E-state index contributed by atoms with van der Waals surface area (Å²) in [7, 11) is 0. The van der Waals surface area contributed by atoms with Crippen LogP contribution < -0.4 is 20.1 Å². The van der Waals surface area contributed by atoms with Crippen LogP contribution in [0, 0.1) is 0 Å². The van der Waals surface area contributed by atoms with E-state index in [4.69, 9.17) is 9.47 Å². The largest absolute Gasteiger partial charge is 0.454 e. The molecule has 7 heteroatoms. The van der Waals surface area contributed by atoms with Crippen LogP contribution in [-0.2, 0) is 24.1 Å². The van der Waals surface area contributed by atoms with Crippen molar-refractivity contribution in [1.82, 2.24) is 20.4 Å². The smallest absolute Gasteiger partial charge is 0.237 e. The summed E-state index contributed by atoms with van der Waals surface area (Å²) < 4.78 is 10.9. The average molecular weight is 519 g/mol. The van der Waals surface area contributed by atoms with Gasteiger partial charge < -0.3 is 25.0 Å². The minimum atomic E-state index is -0.0799. The summed E-state index contributed by atoms with van der Waals surface area (Å²) in [5.41, 5.74) is 4.04. The van der Waals surface area contributed by atoms with E-state index in [1.807, 2.05) is 12.1 Å². The molecule has 1 amide bonds. The van der Waals surface area contributed by atoms with Gasteiger partial charge in [-0.2, -0.15) is 0 Å². The number of benzene rings is 2. The molecular formula is C31H42N4O3. The second-order valence-electron chi connectivity index (χ2n) is 11.5. The van der Waals surface area contributed by atoms with E-state index in [2.05, 4.69) is 57.7 Å². The zero-order chi connectivity index (χ0) is 25.9. The van der Waals surface area contributed by atoms with Crippen molar-refractivity contribution < 1.29 is 14.3 Å². The molecule has 3 heterocycles. The average Bonchev–Trinajstić information content (AvgIpc) is 3.67. The molecule has 0 radical (unpaired) electrons. The van der Waals surface area contributed by atoms with Crippen LogP contribution in [-0.4, -0.2) is 79.4 Å². The summed E-state index contributed by atoms with van der Waals surface area (Å²) in [5.74, 6) is 1.77. The van der Waals surface area contributed by atoms with E-state index >= 15 is 0 Å². The zero-order valence-corrected chi connectivity index (χ0v) is 22.7. The second kappa shape index (κ2) is 11.6. The minimum absolute atomic E-state index is 0.0799. The van der Waals surface area contributed by atoms with Gasteiger partial charge in [0.1, 0.15) is 0 Å². The fourth-order valence-electron chi connectivity index (χ4n) is 6.93. The van der Waals surface area contributed by atoms with Crippen LogP contribution in [0.15, 0.2) is 42.5 Å². The molecule has 0 spiro atoms. The summed E-state index contributed by atoms with van der Waals surface area (Å²) in [5, 5.41) is 7.24. The van der Waals surface area contributed by atoms with Crippen LogP contribution in [0.4, 0.5) is 0 Å². The molecule has 2 fully saturated rings. The fraction of sp³-hybridized carbons (Fsp3) is 0.581. The Morgan fingerprint density at radius 3 is 2.53 bits per heavy atom. The molecule has 0 aromatic heterocycles. The standard InChI is InChI=1S/C31H42N4O3/c1-2-13-34-14-10-25(11-15-34)33-26-19-28(35(20-26)27-17-23-5-3-4-6-24(23)18-27)31(36)32-12-9-22-7-8-29-30(16-22)38-21-37-29/h3-8,16,25-28,33H,2,9-15,17-21H2,1H3,(H,32,36)/t26-,28+/m1/s1. The first kappa shape index (κ1) is 25.7. The number of carbonyl (C=O) groups excluding carboxylic acids is 1. The molecule has 2 aromatic rings. The van der Waals surface area contributed by atoms with Crippen LogP contribution in [0.3, 0.4) is 0 Å². The van der Waals surface area contributed by atoms with E-state index < -0.39 is 0 Å². The van der Waals surface area contributed by atoms with Gasteiger partial charge in [0.15, 0.2) is 11.5 Å². The Morgan fingerprint density at radius 1 is 1.00 bits per heavy atom. The third-order valence-corrected chi connectivity index (χ3v) is 8.89. The van der Waals surface area contributed by atoms with Crippen LogP contribution >= 0.6 is 0 Å². The van der Waals surface area contributed by atoms with E-state index in [-0.39, 0.29) is 18.7 Å². The van der Waals surface area contributed by atoms with Crippen molar-refractivity contribution in [3.63, 3.8) is 0 Å². The van der Waals surface area contributed by atoms with E-state index in [1.54, 1.807) is 0 Å². The normalized spacial score (nSPS) is 24.1. The lowest BCUT2D eigenvalue weighted by Gasteiger charge is -2.34. The Balaban J connectivity index is 1.07. The predicted octanol–water partition coefficient (Wildman–Crippen LogP) is 3.15. The first-order chi connectivity index (χ1) is 18.7. The molecule has 0 saturated carbocycles. The van der Waals surface area contributed by atoms with Gasteiger partial charge in [0.05, 0.1) is 6.04 Å². The molecule has 6 rings (SSSR count). The van der Waals surface area contributed by atoms with Gasteiger partial charge in [0.2, 0.25) is 12.7 Å². The summed E-state index contributed by atoms with van der Waals surface area (Å²) in [6, 6.07) is 16.1. The number of nitrogens with zero attached hydrogens (tertiary/aromatic N) is 2. The first-order valence-corrected chi connectivity index (χ1v) is 14.6. The fourth-order valence-corrected chi connectivity index (χ4v) is 6.93. The van der Waals surface area contributed by atoms with Gasteiger partial charge in [-0.15, -0.1) is 0 Å². The van der Waals surface area contributed by atoms with Crippen molar-refractivity contribution in [2.45, 2.75) is 76.0 Å². The van der Waals surface area contributed by atoms with E-state index in [9.17, 15) is 4.79 Å². The monoisotopic (exact) mass is 518 g/mol. The molecule has 3 aliphatic heterocycles. The Morgan fingerprint density at radius 2 is 1.76 bits per heavy atom. The van der Waals surface area contributed by atoms with Gasteiger partial charge in [0, 0.05) is 31.2 Å². The third-order valence-electron chi connectivity index (χ3n) is 8.89. The van der Waals surface area contributed by atoms with Crippen LogP contribution in [0.5, 0.6) is 11.5 Å². The molecule has 38 heavy (non-hydrogen) atoms. The molecule has 2 atom stereocenters. The first-order valence-electron chi connectivity index (χ1n) is 14.6. The Kier molecular flexibility index (Phi) is 7.86. The molecule has 204 valence electrons. The van der Waals surface area contributed by atoms with Crippen molar-refractivity contribution in [3.05, 3.63) is 59.2 Å². The maximum Gasteiger partial charge on any atom is 0.237 e. The SMILES string of the molecule is CCCN1CCC(N[C@@H]2C[C@@H](C(=O)NCCc3ccc4c(c3)OCO4)N(C3Cc4ccccc4C3)C2)CC1. The number of likely N-dealkylation sites (tertiary alicyclic amines) is 2. The molecule has 0 bridgehead atoms. The van der Waals surface area contributed by atoms with Crippen LogP contribution in [0.2, 0.25) is 0 Å². The van der Waals surface area contributed by atoms with E-state index in [1.165, 1.54) is 50.0 Å².